The Hall–Kier alpha value is -1.29. The number of aromatic nitrogens is 1. The second kappa shape index (κ2) is 10.2. The molecule has 0 fully saturated rings. The van der Waals surface area contributed by atoms with Gasteiger partial charge in [-0.25, -0.2) is 9.78 Å². The number of methoxy groups -OCH3 is 1. The van der Waals surface area contributed by atoms with E-state index in [1.54, 1.807) is 0 Å². The van der Waals surface area contributed by atoms with Crippen molar-refractivity contribution in [2.45, 2.75) is 27.7 Å². The van der Waals surface area contributed by atoms with Gasteiger partial charge in [-0.2, -0.15) is 0 Å². The molecular formula is C11H18ClNO3. The molecule has 92 valence electrons. The van der Waals surface area contributed by atoms with E-state index in [0.29, 0.717) is 0 Å². The highest BCUT2D eigenvalue weighted by Gasteiger charge is 2.06. The van der Waals surface area contributed by atoms with E-state index in [1.807, 2.05) is 27.7 Å². The van der Waals surface area contributed by atoms with Crippen LogP contribution in [-0.4, -0.2) is 23.2 Å². The van der Waals surface area contributed by atoms with Crippen LogP contribution in [0.1, 0.15) is 38.1 Å². The van der Waals surface area contributed by atoms with E-state index in [9.17, 15) is 4.79 Å². The van der Waals surface area contributed by atoms with Crippen LogP contribution in [0.25, 0.3) is 0 Å². The molecule has 1 heterocycles. The van der Waals surface area contributed by atoms with Gasteiger partial charge in [0.25, 0.3) is 0 Å². The standard InChI is InChI=1S/C7H6ClNO3.2C2H6/c1-12-6-3-4(7(10)11)2-5(8)9-6;2*1-2/h2-3H,1H3,(H,10,11);2*1-2H3. The summed E-state index contributed by atoms with van der Waals surface area (Å²) in [6.45, 7) is 8.00. The number of halogens is 1. The van der Waals surface area contributed by atoms with Crippen LogP contribution in [0.15, 0.2) is 12.1 Å². The highest BCUT2D eigenvalue weighted by Crippen LogP contribution is 2.15. The lowest BCUT2D eigenvalue weighted by Gasteiger charge is -2.00. The zero-order valence-corrected chi connectivity index (χ0v) is 11.0. The number of rotatable bonds is 2. The van der Waals surface area contributed by atoms with Crippen LogP contribution in [0.2, 0.25) is 5.15 Å². The van der Waals surface area contributed by atoms with Crippen molar-refractivity contribution >= 4 is 17.6 Å². The Labute approximate surface area is 101 Å². The Morgan fingerprint density at radius 1 is 1.31 bits per heavy atom. The number of carboxylic acid groups (broad SMARTS) is 1. The molecular weight excluding hydrogens is 230 g/mol. The summed E-state index contributed by atoms with van der Waals surface area (Å²) >= 11 is 5.52. The second-order valence-corrected chi connectivity index (χ2v) is 2.41. The summed E-state index contributed by atoms with van der Waals surface area (Å²) in [7, 11) is 1.39. The maximum Gasteiger partial charge on any atom is 0.335 e. The van der Waals surface area contributed by atoms with Crippen molar-refractivity contribution in [1.29, 1.82) is 0 Å². The van der Waals surface area contributed by atoms with Crippen molar-refractivity contribution in [3.8, 4) is 5.88 Å². The van der Waals surface area contributed by atoms with Crippen molar-refractivity contribution in [2.75, 3.05) is 7.11 Å². The number of aromatic carboxylic acids is 1. The maximum absolute atomic E-state index is 10.5. The number of nitrogens with zero attached hydrogens (tertiary/aromatic N) is 1. The molecule has 1 rings (SSSR count). The first-order valence-corrected chi connectivity index (χ1v) is 5.46. The molecule has 0 radical (unpaired) electrons. The van der Waals surface area contributed by atoms with E-state index in [-0.39, 0.29) is 16.6 Å². The summed E-state index contributed by atoms with van der Waals surface area (Å²) < 4.78 is 4.73. The first-order valence-electron chi connectivity index (χ1n) is 5.08. The van der Waals surface area contributed by atoms with Gasteiger partial charge in [0.05, 0.1) is 12.7 Å². The largest absolute Gasteiger partial charge is 0.481 e. The Kier molecular flexibility index (Phi) is 10.9. The monoisotopic (exact) mass is 247 g/mol. The Balaban J connectivity index is 0. The van der Waals surface area contributed by atoms with Crippen LogP contribution in [0, 0.1) is 0 Å². The van der Waals surface area contributed by atoms with E-state index >= 15 is 0 Å². The van der Waals surface area contributed by atoms with Gasteiger partial charge < -0.3 is 9.84 Å². The molecule has 0 saturated heterocycles. The van der Waals surface area contributed by atoms with Gasteiger partial charge in [0.15, 0.2) is 0 Å². The first kappa shape index (κ1) is 17.1. The van der Waals surface area contributed by atoms with Gasteiger partial charge in [-0.3, -0.25) is 0 Å². The third-order valence-electron chi connectivity index (χ3n) is 1.23. The van der Waals surface area contributed by atoms with Gasteiger partial charge in [0.1, 0.15) is 5.15 Å². The van der Waals surface area contributed by atoms with Gasteiger partial charge in [-0.05, 0) is 6.07 Å². The molecule has 0 atom stereocenters. The molecule has 1 aromatic rings. The van der Waals surface area contributed by atoms with Crippen LogP contribution in [0.5, 0.6) is 5.88 Å². The smallest absolute Gasteiger partial charge is 0.335 e. The molecule has 0 saturated carbocycles. The van der Waals surface area contributed by atoms with Crippen LogP contribution in [-0.2, 0) is 0 Å². The zero-order valence-electron chi connectivity index (χ0n) is 10.2. The molecule has 0 aromatic carbocycles. The van der Waals surface area contributed by atoms with E-state index in [4.69, 9.17) is 21.4 Å². The lowest BCUT2D eigenvalue weighted by Crippen LogP contribution is -1.98. The number of hydrogen-bond acceptors (Lipinski definition) is 3. The normalized spacial score (nSPS) is 7.88. The van der Waals surface area contributed by atoms with Gasteiger partial charge in [0, 0.05) is 6.07 Å². The van der Waals surface area contributed by atoms with Gasteiger partial charge >= 0.3 is 5.97 Å². The number of pyridine rings is 1. The minimum atomic E-state index is -1.06. The van der Waals surface area contributed by atoms with E-state index in [0.717, 1.165) is 0 Å². The third-order valence-corrected chi connectivity index (χ3v) is 1.42. The average molecular weight is 248 g/mol. The Morgan fingerprint density at radius 2 is 1.81 bits per heavy atom. The minimum Gasteiger partial charge on any atom is -0.481 e. The van der Waals surface area contributed by atoms with E-state index < -0.39 is 5.97 Å². The van der Waals surface area contributed by atoms with Gasteiger partial charge in [-0.15, -0.1) is 0 Å². The van der Waals surface area contributed by atoms with Crippen LogP contribution in [0.4, 0.5) is 0 Å². The van der Waals surface area contributed by atoms with Crippen LogP contribution in [0.3, 0.4) is 0 Å². The van der Waals surface area contributed by atoms with Crippen molar-refractivity contribution in [1.82, 2.24) is 4.98 Å². The molecule has 1 aromatic heterocycles. The summed E-state index contributed by atoms with van der Waals surface area (Å²) in [6.07, 6.45) is 0. The molecule has 1 N–H and O–H groups in total. The maximum atomic E-state index is 10.5. The molecule has 0 unspecified atom stereocenters. The summed E-state index contributed by atoms with van der Waals surface area (Å²) in [5, 5.41) is 8.69. The lowest BCUT2D eigenvalue weighted by atomic mass is 10.3. The lowest BCUT2D eigenvalue weighted by molar-refractivity contribution is 0.0696. The molecule has 0 amide bonds. The number of carbonyl (C=O) groups is 1. The van der Waals surface area contributed by atoms with Crippen molar-refractivity contribution in [2.24, 2.45) is 0 Å². The molecule has 0 bridgehead atoms. The molecule has 0 spiro atoms. The van der Waals surface area contributed by atoms with Crippen LogP contribution >= 0.6 is 11.6 Å². The SMILES string of the molecule is CC.CC.COc1cc(C(=O)O)cc(Cl)n1. The highest BCUT2D eigenvalue weighted by molar-refractivity contribution is 6.29. The highest BCUT2D eigenvalue weighted by atomic mass is 35.5. The summed E-state index contributed by atoms with van der Waals surface area (Å²) in [4.78, 5) is 14.2. The van der Waals surface area contributed by atoms with E-state index in [1.165, 1.54) is 19.2 Å². The molecule has 0 aliphatic heterocycles. The average Bonchev–Trinajstić information content (AvgIpc) is 2.33. The fourth-order valence-corrected chi connectivity index (χ4v) is 0.902. The fourth-order valence-electron chi connectivity index (χ4n) is 0.701. The second-order valence-electron chi connectivity index (χ2n) is 2.03. The summed E-state index contributed by atoms with van der Waals surface area (Å²) in [5.41, 5.74) is 0.0619. The molecule has 4 nitrogen and oxygen atoms in total. The summed E-state index contributed by atoms with van der Waals surface area (Å²) in [6, 6.07) is 2.56. The van der Waals surface area contributed by atoms with E-state index in [2.05, 4.69) is 4.98 Å². The van der Waals surface area contributed by atoms with Crippen molar-refractivity contribution in [3.63, 3.8) is 0 Å². The van der Waals surface area contributed by atoms with Gasteiger partial charge in [-0.1, -0.05) is 39.3 Å². The predicted octanol–water partition coefficient (Wildman–Crippen LogP) is 3.49. The minimum absolute atomic E-state index is 0.0619. The quantitative estimate of drug-likeness (QED) is 0.813. The number of hydrogen-bond donors (Lipinski definition) is 1. The van der Waals surface area contributed by atoms with Crippen molar-refractivity contribution < 1.29 is 14.6 Å². The fraction of sp³-hybridized carbons (Fsp3) is 0.455. The van der Waals surface area contributed by atoms with Gasteiger partial charge in [0.2, 0.25) is 5.88 Å². The number of carboxylic acids is 1. The molecule has 16 heavy (non-hydrogen) atoms. The topological polar surface area (TPSA) is 59.4 Å². The molecule has 0 aliphatic carbocycles. The third kappa shape index (κ3) is 6.24. The Morgan fingerprint density at radius 3 is 2.19 bits per heavy atom. The Bertz CT molecular complexity index is 316. The zero-order chi connectivity index (χ0) is 13.1. The summed E-state index contributed by atoms with van der Waals surface area (Å²) in [5.74, 6) is -0.863. The first-order chi connectivity index (χ1) is 7.63. The van der Waals surface area contributed by atoms with Crippen molar-refractivity contribution in [3.05, 3.63) is 22.8 Å². The molecule has 5 heteroatoms. The predicted molar refractivity (Wildman–Crippen MR) is 65.5 cm³/mol. The number of ether oxygens (including phenoxy) is 1. The van der Waals surface area contributed by atoms with Crippen LogP contribution < -0.4 is 4.74 Å². The molecule has 0 aliphatic rings.